The molecule has 4 heteroatoms. The summed E-state index contributed by atoms with van der Waals surface area (Å²) in [5, 5.41) is 3.55. The summed E-state index contributed by atoms with van der Waals surface area (Å²) in [4.78, 5) is 0. The molecule has 0 heterocycles. The second kappa shape index (κ2) is 7.26. The highest BCUT2D eigenvalue weighted by molar-refractivity contribution is 7.91. The molecule has 3 nitrogen and oxygen atoms in total. The van der Waals surface area contributed by atoms with Gasteiger partial charge in [-0.25, -0.2) is 8.42 Å². The molecule has 2 fully saturated rings. The van der Waals surface area contributed by atoms with E-state index in [1.807, 2.05) is 0 Å². The van der Waals surface area contributed by atoms with E-state index < -0.39 is 9.84 Å². The Morgan fingerprint density at radius 3 is 2.25 bits per heavy atom. The lowest BCUT2D eigenvalue weighted by Gasteiger charge is -2.32. The molecular weight excluding hydrogens is 270 g/mol. The Bertz CT molecular complexity index is 385. The van der Waals surface area contributed by atoms with E-state index >= 15 is 0 Å². The molecule has 0 aliphatic heterocycles. The molecule has 2 atom stereocenters. The van der Waals surface area contributed by atoms with Crippen LogP contribution < -0.4 is 5.32 Å². The summed E-state index contributed by atoms with van der Waals surface area (Å²) in [6.45, 7) is 3.40. The van der Waals surface area contributed by atoms with Gasteiger partial charge in [0, 0.05) is 12.3 Å². The fraction of sp³-hybridized carbons (Fsp3) is 1.00. The van der Waals surface area contributed by atoms with Crippen molar-refractivity contribution < 1.29 is 8.42 Å². The van der Waals surface area contributed by atoms with Crippen LogP contribution in [-0.2, 0) is 9.84 Å². The van der Waals surface area contributed by atoms with Crippen molar-refractivity contribution in [3.8, 4) is 0 Å². The normalized spacial score (nSPS) is 35.9. The molecule has 2 aliphatic carbocycles. The van der Waals surface area contributed by atoms with Crippen LogP contribution >= 0.6 is 0 Å². The van der Waals surface area contributed by atoms with E-state index in [9.17, 15) is 8.42 Å². The Balaban J connectivity index is 1.72. The van der Waals surface area contributed by atoms with Crippen LogP contribution in [-0.4, -0.2) is 32.5 Å². The SMILES string of the molecule is CCC1CCC(CNC2CCCC(S(C)(=O)=O)C2)CC1. The van der Waals surface area contributed by atoms with Gasteiger partial charge in [0.25, 0.3) is 0 Å². The summed E-state index contributed by atoms with van der Waals surface area (Å²) < 4.78 is 23.4. The van der Waals surface area contributed by atoms with Crippen molar-refractivity contribution >= 4 is 9.84 Å². The third-order valence-corrected chi connectivity index (χ3v) is 7.11. The van der Waals surface area contributed by atoms with Gasteiger partial charge in [-0.2, -0.15) is 0 Å². The van der Waals surface area contributed by atoms with Crippen LogP contribution in [0.3, 0.4) is 0 Å². The molecule has 2 unspecified atom stereocenters. The van der Waals surface area contributed by atoms with E-state index in [4.69, 9.17) is 0 Å². The van der Waals surface area contributed by atoms with Crippen molar-refractivity contribution in [2.75, 3.05) is 12.8 Å². The zero-order valence-corrected chi connectivity index (χ0v) is 13.9. The first kappa shape index (κ1) is 16.3. The Morgan fingerprint density at radius 1 is 1.00 bits per heavy atom. The van der Waals surface area contributed by atoms with Crippen molar-refractivity contribution in [2.24, 2.45) is 11.8 Å². The number of hydrogen-bond acceptors (Lipinski definition) is 3. The minimum absolute atomic E-state index is 0.107. The quantitative estimate of drug-likeness (QED) is 0.848. The second-order valence-corrected chi connectivity index (χ2v) is 9.34. The number of nitrogens with one attached hydrogen (secondary N) is 1. The van der Waals surface area contributed by atoms with Crippen LogP contribution in [0.2, 0.25) is 0 Å². The largest absolute Gasteiger partial charge is 0.314 e. The molecule has 0 spiro atoms. The Hall–Kier alpha value is -0.0900. The molecule has 2 saturated carbocycles. The maximum atomic E-state index is 11.7. The van der Waals surface area contributed by atoms with Crippen LogP contribution in [0.5, 0.6) is 0 Å². The maximum Gasteiger partial charge on any atom is 0.150 e. The van der Waals surface area contributed by atoms with Crippen LogP contribution in [0.1, 0.15) is 64.7 Å². The zero-order chi connectivity index (χ0) is 14.6. The van der Waals surface area contributed by atoms with Crippen molar-refractivity contribution in [3.05, 3.63) is 0 Å². The molecule has 0 aromatic carbocycles. The van der Waals surface area contributed by atoms with Crippen LogP contribution in [0.25, 0.3) is 0 Å². The van der Waals surface area contributed by atoms with E-state index in [2.05, 4.69) is 12.2 Å². The van der Waals surface area contributed by atoms with Gasteiger partial charge >= 0.3 is 0 Å². The van der Waals surface area contributed by atoms with E-state index in [1.165, 1.54) is 38.4 Å². The van der Waals surface area contributed by atoms with Gasteiger partial charge in [-0.3, -0.25) is 0 Å². The summed E-state index contributed by atoms with van der Waals surface area (Å²) in [5.74, 6) is 1.77. The van der Waals surface area contributed by atoms with E-state index in [1.54, 1.807) is 0 Å². The summed E-state index contributed by atoms with van der Waals surface area (Å²) in [5.41, 5.74) is 0. The Kier molecular flexibility index (Phi) is 5.91. The maximum absolute atomic E-state index is 11.7. The number of sulfone groups is 1. The monoisotopic (exact) mass is 301 g/mol. The molecule has 0 amide bonds. The van der Waals surface area contributed by atoms with Gasteiger partial charge in [-0.1, -0.05) is 32.6 Å². The van der Waals surface area contributed by atoms with Crippen LogP contribution in [0.4, 0.5) is 0 Å². The second-order valence-electron chi connectivity index (χ2n) is 7.02. The summed E-state index contributed by atoms with van der Waals surface area (Å²) in [6, 6.07) is 0.423. The number of rotatable bonds is 5. The topological polar surface area (TPSA) is 46.2 Å². The fourth-order valence-electron chi connectivity index (χ4n) is 3.90. The lowest BCUT2D eigenvalue weighted by Crippen LogP contribution is -2.41. The molecule has 0 aromatic heterocycles. The van der Waals surface area contributed by atoms with Gasteiger partial charge in [0.05, 0.1) is 5.25 Å². The average Bonchev–Trinajstić information content (AvgIpc) is 2.45. The van der Waals surface area contributed by atoms with Crippen molar-refractivity contribution in [3.63, 3.8) is 0 Å². The minimum Gasteiger partial charge on any atom is -0.314 e. The van der Waals surface area contributed by atoms with Crippen molar-refractivity contribution in [2.45, 2.75) is 76.0 Å². The van der Waals surface area contributed by atoms with Gasteiger partial charge in [-0.05, 0) is 50.5 Å². The molecule has 20 heavy (non-hydrogen) atoms. The highest BCUT2D eigenvalue weighted by Gasteiger charge is 2.29. The summed E-state index contributed by atoms with van der Waals surface area (Å²) in [7, 11) is -2.85. The molecule has 118 valence electrons. The molecule has 1 N–H and O–H groups in total. The molecule has 0 saturated heterocycles. The first-order valence-corrected chi connectivity index (χ1v) is 10.4. The smallest absolute Gasteiger partial charge is 0.150 e. The first-order chi connectivity index (χ1) is 9.49. The lowest BCUT2D eigenvalue weighted by molar-refractivity contribution is 0.248. The van der Waals surface area contributed by atoms with Gasteiger partial charge in [0.1, 0.15) is 9.84 Å². The van der Waals surface area contributed by atoms with Gasteiger partial charge < -0.3 is 5.32 Å². The van der Waals surface area contributed by atoms with E-state index in [0.717, 1.165) is 44.1 Å². The molecular formula is C16H31NO2S. The van der Waals surface area contributed by atoms with Gasteiger partial charge in [-0.15, -0.1) is 0 Å². The Morgan fingerprint density at radius 2 is 1.65 bits per heavy atom. The summed E-state index contributed by atoms with van der Waals surface area (Å²) in [6.07, 6.45) is 12.1. The lowest BCUT2D eigenvalue weighted by atomic mass is 9.80. The summed E-state index contributed by atoms with van der Waals surface area (Å²) >= 11 is 0. The predicted octanol–water partition coefficient (Wildman–Crippen LogP) is 3.15. The molecule has 2 aliphatic rings. The standard InChI is InChI=1S/C16H31NO2S/c1-3-13-7-9-14(10-8-13)12-17-15-5-4-6-16(11-15)20(2,18)19/h13-17H,3-12H2,1-2H3. The van der Waals surface area contributed by atoms with Crippen LogP contribution in [0, 0.1) is 11.8 Å². The zero-order valence-electron chi connectivity index (χ0n) is 13.1. The predicted molar refractivity (Wildman–Crippen MR) is 84.6 cm³/mol. The van der Waals surface area contributed by atoms with Crippen molar-refractivity contribution in [1.29, 1.82) is 0 Å². The third-order valence-electron chi connectivity index (χ3n) is 5.47. The first-order valence-electron chi connectivity index (χ1n) is 8.41. The number of hydrogen-bond donors (Lipinski definition) is 1. The molecule has 2 rings (SSSR count). The van der Waals surface area contributed by atoms with Crippen LogP contribution in [0.15, 0.2) is 0 Å². The highest BCUT2D eigenvalue weighted by atomic mass is 32.2. The highest BCUT2D eigenvalue weighted by Crippen LogP contribution is 2.31. The fourth-order valence-corrected chi connectivity index (χ4v) is 5.07. The molecule has 0 radical (unpaired) electrons. The van der Waals surface area contributed by atoms with Gasteiger partial charge in [0.2, 0.25) is 0 Å². The molecule has 0 bridgehead atoms. The van der Waals surface area contributed by atoms with Crippen molar-refractivity contribution in [1.82, 2.24) is 5.32 Å². The average molecular weight is 301 g/mol. The Labute approximate surface area is 124 Å². The minimum atomic E-state index is -2.85. The van der Waals surface area contributed by atoms with E-state index in [-0.39, 0.29) is 5.25 Å². The van der Waals surface area contributed by atoms with Gasteiger partial charge in [0.15, 0.2) is 0 Å². The molecule has 0 aromatic rings. The third kappa shape index (κ3) is 4.73. The van der Waals surface area contributed by atoms with E-state index in [0.29, 0.717) is 6.04 Å².